The molecule has 3 nitrogen and oxygen atoms in total. The Bertz CT molecular complexity index is 744. The number of fused-ring (bicyclic) bond motifs is 2. The predicted octanol–water partition coefficient (Wildman–Crippen LogP) is 4.13. The van der Waals surface area contributed by atoms with Crippen LogP contribution >= 0.6 is 0 Å². The van der Waals surface area contributed by atoms with Gasteiger partial charge in [0.15, 0.2) is 0 Å². The number of rotatable bonds is 2. The Morgan fingerprint density at radius 3 is 2.83 bits per heavy atom. The van der Waals surface area contributed by atoms with Crippen LogP contribution in [-0.2, 0) is 6.54 Å². The van der Waals surface area contributed by atoms with E-state index in [1.54, 1.807) is 0 Å². The summed E-state index contributed by atoms with van der Waals surface area (Å²) in [6, 6.07) is 10.4. The summed E-state index contributed by atoms with van der Waals surface area (Å²) in [5.41, 5.74) is 4.99. The average molecular weight is 308 g/mol. The molecule has 1 aromatic carbocycles. The van der Waals surface area contributed by atoms with E-state index in [1.807, 2.05) is 19.3 Å². The van der Waals surface area contributed by atoms with Crippen molar-refractivity contribution in [1.82, 2.24) is 9.55 Å². The first-order valence-corrected chi connectivity index (χ1v) is 8.59. The lowest BCUT2D eigenvalue weighted by atomic mass is 9.61. The van der Waals surface area contributed by atoms with E-state index in [2.05, 4.69) is 46.8 Å². The van der Waals surface area contributed by atoms with Crippen molar-refractivity contribution in [3.8, 4) is 11.3 Å². The first kappa shape index (κ1) is 14.7. The largest absolute Gasteiger partial charge is 0.393 e. The molecule has 1 aromatic heterocycles. The lowest BCUT2D eigenvalue weighted by Gasteiger charge is -2.47. The molecule has 0 radical (unpaired) electrons. The van der Waals surface area contributed by atoms with Crippen molar-refractivity contribution < 1.29 is 5.11 Å². The molecule has 4 rings (SSSR count). The molecule has 0 unspecified atom stereocenters. The third-order valence-corrected chi connectivity index (χ3v) is 5.83. The monoisotopic (exact) mass is 308 g/mol. The van der Waals surface area contributed by atoms with Crippen molar-refractivity contribution >= 4 is 6.08 Å². The molecule has 1 fully saturated rings. The fourth-order valence-corrected chi connectivity index (χ4v) is 4.59. The van der Waals surface area contributed by atoms with Gasteiger partial charge >= 0.3 is 0 Å². The van der Waals surface area contributed by atoms with Crippen LogP contribution in [0.25, 0.3) is 17.3 Å². The second-order valence-corrected chi connectivity index (χ2v) is 7.30. The Morgan fingerprint density at radius 1 is 1.30 bits per heavy atom. The Morgan fingerprint density at radius 2 is 2.09 bits per heavy atom. The third kappa shape index (κ3) is 2.26. The number of allylic oxidation sites excluding steroid dienone is 1. The maximum atomic E-state index is 10.3. The first-order chi connectivity index (χ1) is 11.1. The van der Waals surface area contributed by atoms with Gasteiger partial charge < -0.3 is 9.67 Å². The normalized spacial score (nSPS) is 27.8. The van der Waals surface area contributed by atoms with Crippen LogP contribution in [0.15, 0.2) is 42.2 Å². The molecule has 1 saturated carbocycles. The number of aliphatic hydroxyl groups is 1. The molecular weight excluding hydrogens is 284 g/mol. The van der Waals surface area contributed by atoms with Crippen molar-refractivity contribution in [3.05, 3.63) is 47.9 Å². The van der Waals surface area contributed by atoms with Gasteiger partial charge in [0.1, 0.15) is 0 Å². The molecule has 0 bridgehead atoms. The van der Waals surface area contributed by atoms with Gasteiger partial charge in [0, 0.05) is 17.5 Å². The van der Waals surface area contributed by atoms with Gasteiger partial charge in [-0.2, -0.15) is 0 Å². The zero-order valence-electron chi connectivity index (χ0n) is 13.9. The van der Waals surface area contributed by atoms with Gasteiger partial charge in [-0.3, -0.25) is 0 Å². The molecule has 0 saturated heterocycles. The zero-order chi connectivity index (χ0) is 16.0. The highest BCUT2D eigenvalue weighted by Crippen LogP contribution is 2.51. The van der Waals surface area contributed by atoms with Crippen molar-refractivity contribution in [3.63, 3.8) is 0 Å². The maximum absolute atomic E-state index is 10.3. The van der Waals surface area contributed by atoms with E-state index in [0.717, 1.165) is 25.1 Å². The number of benzene rings is 1. The second kappa shape index (κ2) is 5.34. The molecule has 23 heavy (non-hydrogen) atoms. The van der Waals surface area contributed by atoms with E-state index >= 15 is 0 Å². The summed E-state index contributed by atoms with van der Waals surface area (Å²) in [5, 5.41) is 10.3. The lowest BCUT2D eigenvalue weighted by Crippen LogP contribution is -2.43. The van der Waals surface area contributed by atoms with Gasteiger partial charge in [0.2, 0.25) is 0 Å². The predicted molar refractivity (Wildman–Crippen MR) is 92.8 cm³/mol. The van der Waals surface area contributed by atoms with Crippen molar-refractivity contribution in [2.75, 3.05) is 0 Å². The van der Waals surface area contributed by atoms with E-state index in [4.69, 9.17) is 0 Å². The molecule has 1 aliphatic heterocycles. The third-order valence-electron chi connectivity index (χ3n) is 5.83. The molecule has 120 valence electrons. The molecule has 1 N–H and O–H groups in total. The molecule has 1 aliphatic carbocycles. The smallest absolute Gasteiger partial charge is 0.0958 e. The van der Waals surface area contributed by atoms with Crippen LogP contribution in [0.4, 0.5) is 0 Å². The topological polar surface area (TPSA) is 38.1 Å². The Kier molecular flexibility index (Phi) is 3.42. The van der Waals surface area contributed by atoms with Crippen LogP contribution in [-0.4, -0.2) is 20.8 Å². The number of hydrogen-bond acceptors (Lipinski definition) is 2. The number of hydrogen-bond donors (Lipinski definition) is 1. The van der Waals surface area contributed by atoms with Gasteiger partial charge in [-0.25, -0.2) is 4.98 Å². The highest BCUT2D eigenvalue weighted by molar-refractivity contribution is 5.72. The van der Waals surface area contributed by atoms with E-state index in [9.17, 15) is 5.11 Å². The van der Waals surface area contributed by atoms with Gasteiger partial charge in [0.25, 0.3) is 0 Å². The molecular formula is C20H24N2O. The van der Waals surface area contributed by atoms with E-state index in [1.165, 1.54) is 23.3 Å². The van der Waals surface area contributed by atoms with Crippen LogP contribution in [0.2, 0.25) is 0 Å². The summed E-state index contributed by atoms with van der Waals surface area (Å²) >= 11 is 0. The number of aliphatic hydroxyl groups excluding tert-OH is 1. The van der Waals surface area contributed by atoms with Crippen LogP contribution in [0.1, 0.15) is 38.8 Å². The minimum atomic E-state index is -0.262. The van der Waals surface area contributed by atoms with Crippen LogP contribution in [0, 0.1) is 11.3 Å². The van der Waals surface area contributed by atoms with Crippen LogP contribution in [0.3, 0.4) is 0 Å². The summed E-state index contributed by atoms with van der Waals surface area (Å²) in [6.07, 6.45) is 7.46. The van der Waals surface area contributed by atoms with Crippen molar-refractivity contribution in [2.45, 2.75) is 45.8 Å². The fourth-order valence-electron chi connectivity index (χ4n) is 4.59. The molecule has 2 aliphatic rings. The average Bonchev–Trinajstić information content (AvgIpc) is 2.94. The quantitative estimate of drug-likeness (QED) is 0.905. The molecule has 3 atom stereocenters. The molecule has 0 spiro atoms. The molecule has 2 aromatic rings. The van der Waals surface area contributed by atoms with Gasteiger partial charge in [-0.1, -0.05) is 42.8 Å². The van der Waals surface area contributed by atoms with Crippen molar-refractivity contribution in [1.29, 1.82) is 0 Å². The van der Waals surface area contributed by atoms with Gasteiger partial charge in [-0.05, 0) is 38.2 Å². The van der Waals surface area contributed by atoms with E-state index in [-0.39, 0.29) is 11.5 Å². The first-order valence-electron chi connectivity index (χ1n) is 8.59. The van der Waals surface area contributed by atoms with Gasteiger partial charge in [-0.15, -0.1) is 0 Å². The van der Waals surface area contributed by atoms with Gasteiger partial charge in [0.05, 0.1) is 23.8 Å². The summed E-state index contributed by atoms with van der Waals surface area (Å²) in [7, 11) is 0. The number of imidazole rings is 1. The highest BCUT2D eigenvalue weighted by atomic mass is 16.3. The number of nitrogens with zero attached hydrogens (tertiary/aromatic N) is 2. The van der Waals surface area contributed by atoms with E-state index in [0.29, 0.717) is 5.92 Å². The standard InChI is InChI=1S/C20H24N2O/c1-14(23)17-10-6-9-16-11-18-19(15-7-4-3-5-8-15)21-13-22(18)12-20(16,17)2/h3-5,7-8,11,13-14,17,23H,6,9-10,12H2,1-2H3/t14-,17-,20+/m1/s1. The minimum absolute atomic E-state index is 0.0497. The molecule has 2 heterocycles. The Labute approximate surface area is 137 Å². The Balaban J connectivity index is 1.80. The maximum Gasteiger partial charge on any atom is 0.0958 e. The van der Waals surface area contributed by atoms with Crippen LogP contribution < -0.4 is 0 Å². The van der Waals surface area contributed by atoms with Crippen molar-refractivity contribution in [2.24, 2.45) is 11.3 Å². The lowest BCUT2D eigenvalue weighted by molar-refractivity contribution is 0.0251. The number of aromatic nitrogens is 2. The fraction of sp³-hybridized carbons (Fsp3) is 0.450. The molecule has 0 amide bonds. The second-order valence-electron chi connectivity index (χ2n) is 7.30. The summed E-state index contributed by atoms with van der Waals surface area (Å²) in [5.74, 6) is 0.332. The van der Waals surface area contributed by atoms with E-state index < -0.39 is 0 Å². The zero-order valence-corrected chi connectivity index (χ0v) is 13.9. The van der Waals surface area contributed by atoms with Crippen LogP contribution in [0.5, 0.6) is 0 Å². The Hall–Kier alpha value is -1.87. The summed E-state index contributed by atoms with van der Waals surface area (Å²) in [6.45, 7) is 5.18. The summed E-state index contributed by atoms with van der Waals surface area (Å²) < 4.78 is 2.27. The highest BCUT2D eigenvalue weighted by Gasteiger charge is 2.44. The SMILES string of the molecule is C[C@@H](O)[C@H]1CCCC2=Cc3c(-c4ccccc4)ncn3C[C@@]21C. The summed E-state index contributed by atoms with van der Waals surface area (Å²) in [4.78, 5) is 4.68. The molecule has 3 heteroatoms. The minimum Gasteiger partial charge on any atom is -0.393 e.